The van der Waals surface area contributed by atoms with Crippen LogP contribution in [0.5, 0.6) is 0 Å². The van der Waals surface area contributed by atoms with E-state index < -0.39 is 0 Å². The molecule has 14 heavy (non-hydrogen) atoms. The van der Waals surface area contributed by atoms with Gasteiger partial charge in [-0.25, -0.2) is 4.57 Å². The summed E-state index contributed by atoms with van der Waals surface area (Å²) < 4.78 is 7.37. The molecule has 2 aromatic rings. The number of aromatic nitrogens is 1. The standard InChI is InChI=1S/C10H12N2OS/c1-8-7-14-10(12(8)2)11-6-9-4-3-5-13-9/h3-5,7H,6H2,1-2H3/p+1. The molecule has 0 saturated carbocycles. The third-order valence-corrected chi connectivity index (χ3v) is 3.27. The van der Waals surface area contributed by atoms with Crippen molar-refractivity contribution in [2.24, 2.45) is 7.05 Å². The molecule has 3 nitrogen and oxygen atoms in total. The maximum atomic E-state index is 5.23. The molecule has 0 amide bonds. The van der Waals surface area contributed by atoms with E-state index in [9.17, 15) is 0 Å². The van der Waals surface area contributed by atoms with Crippen molar-refractivity contribution < 1.29 is 8.98 Å². The Kier molecular flexibility index (Phi) is 2.54. The zero-order valence-corrected chi connectivity index (χ0v) is 9.10. The molecule has 0 aliphatic heterocycles. The van der Waals surface area contributed by atoms with Gasteiger partial charge in [-0.3, -0.25) is 5.32 Å². The second kappa shape index (κ2) is 3.84. The molecule has 74 valence electrons. The van der Waals surface area contributed by atoms with E-state index in [2.05, 4.69) is 29.2 Å². The maximum absolute atomic E-state index is 5.23. The molecule has 0 fully saturated rings. The van der Waals surface area contributed by atoms with Gasteiger partial charge in [-0.05, 0) is 19.1 Å². The Bertz CT molecular complexity index is 406. The number of nitrogens with zero attached hydrogens (tertiary/aromatic N) is 1. The van der Waals surface area contributed by atoms with Gasteiger partial charge in [-0.2, -0.15) is 0 Å². The zero-order chi connectivity index (χ0) is 9.97. The van der Waals surface area contributed by atoms with Crippen molar-refractivity contribution in [1.82, 2.24) is 0 Å². The highest BCUT2D eigenvalue weighted by Crippen LogP contribution is 2.13. The topological polar surface area (TPSA) is 29.1 Å². The number of hydrogen-bond acceptors (Lipinski definition) is 3. The van der Waals surface area contributed by atoms with Crippen molar-refractivity contribution in [2.45, 2.75) is 13.5 Å². The summed E-state index contributed by atoms with van der Waals surface area (Å²) in [5, 5.41) is 6.61. The molecule has 0 bridgehead atoms. The highest BCUT2D eigenvalue weighted by atomic mass is 32.1. The molecular weight excluding hydrogens is 196 g/mol. The first-order valence-electron chi connectivity index (χ1n) is 4.48. The predicted octanol–water partition coefficient (Wildman–Crippen LogP) is 2.09. The molecule has 2 heterocycles. The lowest BCUT2D eigenvalue weighted by Crippen LogP contribution is -2.32. The van der Waals surface area contributed by atoms with Crippen molar-refractivity contribution in [2.75, 3.05) is 5.32 Å². The van der Waals surface area contributed by atoms with Crippen molar-refractivity contribution in [3.05, 3.63) is 35.2 Å². The highest BCUT2D eigenvalue weighted by molar-refractivity contribution is 7.13. The van der Waals surface area contributed by atoms with Gasteiger partial charge in [0.2, 0.25) is 0 Å². The van der Waals surface area contributed by atoms with E-state index in [-0.39, 0.29) is 0 Å². The monoisotopic (exact) mass is 209 g/mol. The fourth-order valence-corrected chi connectivity index (χ4v) is 2.09. The van der Waals surface area contributed by atoms with Crippen molar-refractivity contribution in [1.29, 1.82) is 0 Å². The maximum Gasteiger partial charge on any atom is 0.334 e. The van der Waals surface area contributed by atoms with Crippen LogP contribution in [0.3, 0.4) is 0 Å². The Morgan fingerprint density at radius 1 is 1.57 bits per heavy atom. The Hall–Kier alpha value is -1.29. The Labute approximate surface area is 87.0 Å². The van der Waals surface area contributed by atoms with Gasteiger partial charge in [0.15, 0.2) is 0 Å². The van der Waals surface area contributed by atoms with Gasteiger partial charge in [0.25, 0.3) is 0 Å². The molecule has 1 N–H and O–H groups in total. The number of hydrogen-bond donors (Lipinski definition) is 1. The largest absolute Gasteiger partial charge is 0.465 e. The van der Waals surface area contributed by atoms with Gasteiger partial charge >= 0.3 is 5.13 Å². The number of furan rings is 1. The zero-order valence-electron chi connectivity index (χ0n) is 8.28. The molecular formula is C10H13N2OS+. The van der Waals surface area contributed by atoms with Gasteiger partial charge in [0.05, 0.1) is 13.3 Å². The van der Waals surface area contributed by atoms with Crippen LogP contribution in [0.4, 0.5) is 5.13 Å². The number of thiazole rings is 1. The molecule has 0 saturated heterocycles. The fraction of sp³-hybridized carbons (Fsp3) is 0.300. The average molecular weight is 209 g/mol. The number of aryl methyl sites for hydroxylation is 1. The van der Waals surface area contributed by atoms with E-state index in [1.54, 1.807) is 17.6 Å². The molecule has 0 atom stereocenters. The fourth-order valence-electron chi connectivity index (χ4n) is 1.20. The minimum atomic E-state index is 0.737. The lowest BCUT2D eigenvalue weighted by Gasteiger charge is -1.96. The van der Waals surface area contributed by atoms with Gasteiger partial charge in [-0.1, -0.05) is 11.3 Å². The van der Waals surface area contributed by atoms with Gasteiger partial charge in [0.1, 0.15) is 18.0 Å². The van der Waals surface area contributed by atoms with Gasteiger partial charge in [-0.15, -0.1) is 0 Å². The SMILES string of the molecule is Cc1csc(NCc2ccco2)[n+]1C. The summed E-state index contributed by atoms with van der Waals surface area (Å²) in [6.45, 7) is 2.83. The summed E-state index contributed by atoms with van der Waals surface area (Å²) in [5.41, 5.74) is 1.26. The molecule has 2 aromatic heterocycles. The van der Waals surface area contributed by atoms with E-state index in [1.165, 1.54) is 5.69 Å². The van der Waals surface area contributed by atoms with Gasteiger partial charge in [0, 0.05) is 5.38 Å². The van der Waals surface area contributed by atoms with Gasteiger partial charge < -0.3 is 4.42 Å². The van der Waals surface area contributed by atoms with Crippen LogP contribution in [-0.2, 0) is 13.6 Å². The van der Waals surface area contributed by atoms with Crippen LogP contribution < -0.4 is 9.88 Å². The lowest BCUT2D eigenvalue weighted by molar-refractivity contribution is -0.659. The summed E-state index contributed by atoms with van der Waals surface area (Å²) in [4.78, 5) is 0. The third-order valence-electron chi connectivity index (χ3n) is 2.17. The molecule has 0 spiro atoms. The number of nitrogens with one attached hydrogen (secondary N) is 1. The minimum Gasteiger partial charge on any atom is -0.465 e. The van der Waals surface area contributed by atoms with Crippen LogP contribution >= 0.6 is 11.3 Å². The van der Waals surface area contributed by atoms with Crippen molar-refractivity contribution >= 4 is 16.5 Å². The first-order valence-corrected chi connectivity index (χ1v) is 5.35. The highest BCUT2D eigenvalue weighted by Gasteiger charge is 2.10. The van der Waals surface area contributed by atoms with Crippen molar-refractivity contribution in [3.63, 3.8) is 0 Å². The average Bonchev–Trinajstić information content (AvgIpc) is 2.77. The smallest absolute Gasteiger partial charge is 0.334 e. The first kappa shape index (κ1) is 9.27. The van der Waals surface area contributed by atoms with E-state index in [0.29, 0.717) is 0 Å². The normalized spacial score (nSPS) is 10.4. The Balaban J connectivity index is 2.02. The van der Waals surface area contributed by atoms with Crippen LogP contribution in [0.15, 0.2) is 28.2 Å². The third kappa shape index (κ3) is 1.80. The minimum absolute atomic E-state index is 0.737. The predicted molar refractivity (Wildman–Crippen MR) is 56.3 cm³/mol. The Morgan fingerprint density at radius 2 is 2.43 bits per heavy atom. The summed E-state index contributed by atoms with van der Waals surface area (Å²) >= 11 is 1.71. The Morgan fingerprint density at radius 3 is 3.00 bits per heavy atom. The first-order chi connectivity index (χ1) is 6.77. The quantitative estimate of drug-likeness (QED) is 0.784. The van der Waals surface area contributed by atoms with Crippen LogP contribution in [-0.4, -0.2) is 0 Å². The second-order valence-corrected chi connectivity index (χ2v) is 4.03. The van der Waals surface area contributed by atoms with Crippen LogP contribution in [0, 0.1) is 6.92 Å². The van der Waals surface area contributed by atoms with E-state index >= 15 is 0 Å². The molecule has 0 unspecified atom stereocenters. The summed E-state index contributed by atoms with van der Waals surface area (Å²) in [6, 6.07) is 3.87. The second-order valence-electron chi connectivity index (χ2n) is 3.17. The van der Waals surface area contributed by atoms with E-state index in [1.807, 2.05) is 12.1 Å². The summed E-state index contributed by atoms with van der Waals surface area (Å²) in [7, 11) is 2.05. The van der Waals surface area contributed by atoms with E-state index in [0.717, 1.165) is 17.4 Å². The van der Waals surface area contributed by atoms with Crippen LogP contribution in [0.25, 0.3) is 0 Å². The molecule has 4 heteroatoms. The number of rotatable bonds is 3. The van der Waals surface area contributed by atoms with Crippen LogP contribution in [0.1, 0.15) is 11.5 Å². The molecule has 2 rings (SSSR count). The molecule has 0 aliphatic rings. The summed E-state index contributed by atoms with van der Waals surface area (Å²) in [6.07, 6.45) is 1.69. The number of anilines is 1. The van der Waals surface area contributed by atoms with E-state index in [4.69, 9.17) is 4.42 Å². The summed E-state index contributed by atoms with van der Waals surface area (Å²) in [5.74, 6) is 0.955. The molecule has 0 radical (unpaired) electrons. The molecule has 0 aliphatic carbocycles. The van der Waals surface area contributed by atoms with Crippen molar-refractivity contribution in [3.8, 4) is 0 Å². The lowest BCUT2D eigenvalue weighted by atomic mass is 10.4. The molecule has 0 aromatic carbocycles. The van der Waals surface area contributed by atoms with Crippen LogP contribution in [0.2, 0.25) is 0 Å².